The molecule has 72 valence electrons. The minimum Gasteiger partial charge on any atom is -0.293 e. The number of Topliss-reactive ketones (excluding diaryl/α,β-unsaturated/α-hetero) is 1. The number of ketones is 1. The molecule has 1 aromatic rings. The fourth-order valence-electron chi connectivity index (χ4n) is 0.967. The minimum atomic E-state index is 0.206. The number of halogens is 2. The molecule has 0 spiro atoms. The van der Waals surface area contributed by atoms with E-state index in [1.54, 1.807) is 12.1 Å². The summed E-state index contributed by atoms with van der Waals surface area (Å²) in [5, 5.41) is 0.964. The van der Waals surface area contributed by atoms with Crippen molar-refractivity contribution in [3.8, 4) is 0 Å². The van der Waals surface area contributed by atoms with Gasteiger partial charge >= 0.3 is 0 Å². The fourth-order valence-corrected chi connectivity index (χ4v) is 2.37. The number of hydrogen-bond acceptors (Lipinski definition) is 2. The molecule has 0 radical (unpaired) electrons. The predicted molar refractivity (Wildman–Crippen MR) is 61.3 cm³/mol. The summed E-state index contributed by atoms with van der Waals surface area (Å²) >= 11 is 10.4. The monoisotopic (exact) mass is 280 g/mol. The average molecular weight is 282 g/mol. The van der Waals surface area contributed by atoms with Crippen LogP contribution in [0.15, 0.2) is 12.1 Å². The Morgan fingerprint density at radius 3 is 2.77 bits per heavy atom. The second-order valence-electron chi connectivity index (χ2n) is 2.67. The maximum atomic E-state index is 11.5. The minimum absolute atomic E-state index is 0.206. The molecule has 1 rings (SSSR count). The van der Waals surface area contributed by atoms with Crippen molar-refractivity contribution in [2.75, 3.05) is 5.33 Å². The second-order valence-corrected chi connectivity index (χ2v) is 5.18. The van der Waals surface area contributed by atoms with Gasteiger partial charge < -0.3 is 0 Å². The Morgan fingerprint density at radius 2 is 2.23 bits per heavy atom. The molecule has 0 aliphatic rings. The third-order valence-corrected chi connectivity index (χ3v) is 3.47. The second kappa shape index (κ2) is 5.78. The maximum absolute atomic E-state index is 11.5. The van der Waals surface area contributed by atoms with Crippen molar-refractivity contribution in [3.63, 3.8) is 0 Å². The van der Waals surface area contributed by atoms with Crippen molar-refractivity contribution < 1.29 is 4.79 Å². The summed E-state index contributed by atoms with van der Waals surface area (Å²) in [6, 6.07) is 3.56. The molecule has 0 aliphatic carbocycles. The van der Waals surface area contributed by atoms with Gasteiger partial charge in [-0.15, -0.1) is 11.3 Å². The van der Waals surface area contributed by atoms with Gasteiger partial charge in [0.2, 0.25) is 0 Å². The molecule has 0 unspecified atom stereocenters. The summed E-state index contributed by atoms with van der Waals surface area (Å²) in [5.74, 6) is 0.206. The molecular formula is C9H10BrClOS. The standard InChI is InChI=1S/C9H10BrClOS/c10-6-2-1-3-7(12)8-4-5-9(11)13-8/h4-5H,1-3,6H2. The van der Waals surface area contributed by atoms with E-state index in [1.165, 1.54) is 11.3 Å². The molecule has 0 aliphatic heterocycles. The lowest BCUT2D eigenvalue weighted by Gasteiger charge is -1.95. The summed E-state index contributed by atoms with van der Waals surface area (Å²) in [5.41, 5.74) is 0. The van der Waals surface area contributed by atoms with Crippen molar-refractivity contribution in [1.29, 1.82) is 0 Å². The van der Waals surface area contributed by atoms with Crippen molar-refractivity contribution >= 4 is 44.7 Å². The van der Waals surface area contributed by atoms with Crippen LogP contribution in [-0.4, -0.2) is 11.1 Å². The zero-order valence-corrected chi connectivity index (χ0v) is 10.2. The largest absolute Gasteiger partial charge is 0.293 e. The van der Waals surface area contributed by atoms with Crippen LogP contribution < -0.4 is 0 Å². The van der Waals surface area contributed by atoms with E-state index in [1.807, 2.05) is 0 Å². The molecule has 4 heteroatoms. The van der Waals surface area contributed by atoms with E-state index in [0.29, 0.717) is 10.8 Å². The lowest BCUT2D eigenvalue weighted by atomic mass is 10.2. The van der Waals surface area contributed by atoms with Gasteiger partial charge in [-0.1, -0.05) is 27.5 Å². The van der Waals surface area contributed by atoms with Crippen molar-refractivity contribution in [2.24, 2.45) is 0 Å². The molecule has 0 aromatic carbocycles. The Balaban J connectivity index is 2.40. The van der Waals surface area contributed by atoms with Crippen LogP contribution in [0.5, 0.6) is 0 Å². The molecule has 1 aromatic heterocycles. The van der Waals surface area contributed by atoms with Crippen LogP contribution in [-0.2, 0) is 0 Å². The molecule has 0 fully saturated rings. The molecule has 0 amide bonds. The number of carbonyl (C=O) groups is 1. The molecule has 0 bridgehead atoms. The van der Waals surface area contributed by atoms with Crippen LogP contribution in [0.1, 0.15) is 28.9 Å². The van der Waals surface area contributed by atoms with Gasteiger partial charge in [-0.25, -0.2) is 0 Å². The van der Waals surface area contributed by atoms with E-state index in [4.69, 9.17) is 11.6 Å². The highest BCUT2D eigenvalue weighted by Gasteiger charge is 2.07. The fraction of sp³-hybridized carbons (Fsp3) is 0.444. The topological polar surface area (TPSA) is 17.1 Å². The van der Waals surface area contributed by atoms with E-state index < -0.39 is 0 Å². The first-order valence-corrected chi connectivity index (χ1v) is 6.40. The van der Waals surface area contributed by atoms with Crippen LogP contribution in [0.3, 0.4) is 0 Å². The Morgan fingerprint density at radius 1 is 1.46 bits per heavy atom. The normalized spacial score (nSPS) is 10.3. The maximum Gasteiger partial charge on any atom is 0.172 e. The molecule has 0 N–H and O–H groups in total. The highest BCUT2D eigenvalue weighted by atomic mass is 79.9. The van der Waals surface area contributed by atoms with Gasteiger partial charge in [0, 0.05) is 11.8 Å². The molecule has 0 atom stereocenters. The van der Waals surface area contributed by atoms with E-state index in [9.17, 15) is 4.79 Å². The smallest absolute Gasteiger partial charge is 0.172 e. The molecule has 0 saturated carbocycles. The number of unbranched alkanes of at least 4 members (excludes halogenated alkanes) is 1. The highest BCUT2D eigenvalue weighted by molar-refractivity contribution is 9.09. The van der Waals surface area contributed by atoms with Crippen molar-refractivity contribution in [2.45, 2.75) is 19.3 Å². The third-order valence-electron chi connectivity index (χ3n) is 1.64. The average Bonchev–Trinajstić information content (AvgIpc) is 2.52. The molecule has 13 heavy (non-hydrogen) atoms. The van der Waals surface area contributed by atoms with Gasteiger partial charge in [0.25, 0.3) is 0 Å². The van der Waals surface area contributed by atoms with Crippen LogP contribution in [0.25, 0.3) is 0 Å². The predicted octanol–water partition coefficient (Wildman–Crippen LogP) is 4.15. The van der Waals surface area contributed by atoms with Gasteiger partial charge in [0.1, 0.15) is 0 Å². The van der Waals surface area contributed by atoms with E-state index in [0.717, 1.165) is 23.0 Å². The number of rotatable bonds is 5. The first kappa shape index (κ1) is 11.2. The first-order chi connectivity index (χ1) is 6.24. The van der Waals surface area contributed by atoms with Crippen LogP contribution in [0.2, 0.25) is 4.34 Å². The SMILES string of the molecule is O=C(CCCCBr)c1ccc(Cl)s1. The number of hydrogen-bond donors (Lipinski definition) is 0. The quantitative estimate of drug-likeness (QED) is 0.450. The summed E-state index contributed by atoms with van der Waals surface area (Å²) in [7, 11) is 0. The van der Waals surface area contributed by atoms with E-state index >= 15 is 0 Å². The molecule has 0 saturated heterocycles. The van der Waals surface area contributed by atoms with Gasteiger partial charge in [-0.2, -0.15) is 0 Å². The summed E-state index contributed by atoms with van der Waals surface area (Å²) in [6.45, 7) is 0. The zero-order valence-electron chi connectivity index (χ0n) is 7.06. The Hall–Kier alpha value is 0.140. The van der Waals surface area contributed by atoms with Crippen LogP contribution in [0.4, 0.5) is 0 Å². The molecule has 1 heterocycles. The van der Waals surface area contributed by atoms with Gasteiger partial charge in [0.05, 0.1) is 9.21 Å². The Labute approximate surface area is 95.2 Å². The number of thiophene rings is 1. The van der Waals surface area contributed by atoms with Gasteiger partial charge in [0.15, 0.2) is 5.78 Å². The molecular weight excluding hydrogens is 272 g/mol. The summed E-state index contributed by atoms with van der Waals surface area (Å²) in [4.78, 5) is 12.2. The third kappa shape index (κ3) is 3.79. The first-order valence-electron chi connectivity index (χ1n) is 4.08. The lowest BCUT2D eigenvalue weighted by Crippen LogP contribution is -1.95. The summed E-state index contributed by atoms with van der Waals surface area (Å²) < 4.78 is 0.684. The Bertz CT molecular complexity index is 285. The number of carbonyl (C=O) groups excluding carboxylic acids is 1. The van der Waals surface area contributed by atoms with E-state index in [2.05, 4.69) is 15.9 Å². The number of alkyl halides is 1. The van der Waals surface area contributed by atoms with E-state index in [-0.39, 0.29) is 5.78 Å². The summed E-state index contributed by atoms with van der Waals surface area (Å²) in [6.07, 6.45) is 2.62. The molecule has 1 nitrogen and oxygen atoms in total. The van der Waals surface area contributed by atoms with Crippen LogP contribution >= 0.6 is 38.9 Å². The Kier molecular flexibility index (Phi) is 4.99. The lowest BCUT2D eigenvalue weighted by molar-refractivity contribution is 0.0984. The van der Waals surface area contributed by atoms with Crippen molar-refractivity contribution in [3.05, 3.63) is 21.3 Å². The van der Waals surface area contributed by atoms with Crippen molar-refractivity contribution in [1.82, 2.24) is 0 Å². The van der Waals surface area contributed by atoms with Gasteiger partial charge in [-0.3, -0.25) is 4.79 Å². The zero-order chi connectivity index (χ0) is 9.68. The van der Waals surface area contributed by atoms with Crippen LogP contribution in [0, 0.1) is 0 Å². The highest BCUT2D eigenvalue weighted by Crippen LogP contribution is 2.23. The van der Waals surface area contributed by atoms with Gasteiger partial charge in [-0.05, 0) is 25.0 Å².